The molecule has 0 amide bonds. The fourth-order valence-electron chi connectivity index (χ4n) is 2.25. The smallest absolute Gasteiger partial charge is 0.118 e. The quantitative estimate of drug-likeness (QED) is 0.767. The van der Waals surface area contributed by atoms with Gasteiger partial charge >= 0.3 is 0 Å². The number of allylic oxidation sites excluding steroid dienone is 1. The molecule has 0 aliphatic heterocycles. The molecule has 2 aromatic carbocycles. The van der Waals surface area contributed by atoms with Crippen molar-refractivity contribution in [3.8, 4) is 11.8 Å². The van der Waals surface area contributed by atoms with E-state index in [2.05, 4.69) is 12.6 Å². The highest BCUT2D eigenvalue weighted by molar-refractivity contribution is 5.43. The van der Waals surface area contributed by atoms with Gasteiger partial charge in [-0.15, -0.1) is 6.58 Å². The van der Waals surface area contributed by atoms with Crippen LogP contribution in [0.25, 0.3) is 0 Å². The van der Waals surface area contributed by atoms with E-state index in [4.69, 9.17) is 4.74 Å². The minimum absolute atomic E-state index is 0.611. The van der Waals surface area contributed by atoms with Crippen molar-refractivity contribution in [2.45, 2.75) is 11.8 Å². The highest BCUT2D eigenvalue weighted by atomic mass is 16.5. The van der Waals surface area contributed by atoms with Gasteiger partial charge in [0.2, 0.25) is 0 Å². The van der Waals surface area contributed by atoms with Crippen LogP contribution in [0.5, 0.6) is 5.75 Å². The van der Waals surface area contributed by atoms with E-state index in [1.54, 1.807) is 13.2 Å². The van der Waals surface area contributed by atoms with E-state index in [-0.39, 0.29) is 0 Å². The summed E-state index contributed by atoms with van der Waals surface area (Å²) in [5, 5.41) is 9.67. The molecule has 0 aliphatic carbocycles. The molecule has 0 bridgehead atoms. The molecule has 2 aromatic rings. The predicted molar refractivity (Wildman–Crippen MR) is 80.6 cm³/mol. The lowest BCUT2D eigenvalue weighted by atomic mass is 9.77. The van der Waals surface area contributed by atoms with Gasteiger partial charge < -0.3 is 4.74 Å². The first-order valence-electron chi connectivity index (χ1n) is 6.47. The lowest BCUT2D eigenvalue weighted by Crippen LogP contribution is -2.24. The summed E-state index contributed by atoms with van der Waals surface area (Å²) in [6.07, 6.45) is 2.34. The number of nitrogens with zero attached hydrogens (tertiary/aromatic N) is 1. The summed E-state index contributed by atoms with van der Waals surface area (Å²) in [5.74, 6) is 0.782. The molecule has 0 saturated heterocycles. The van der Waals surface area contributed by atoms with Gasteiger partial charge in [0.15, 0.2) is 0 Å². The van der Waals surface area contributed by atoms with Gasteiger partial charge in [-0.05, 0) is 29.7 Å². The van der Waals surface area contributed by atoms with Crippen molar-refractivity contribution in [1.29, 1.82) is 5.26 Å². The minimum Gasteiger partial charge on any atom is -0.497 e. The molecule has 1 unspecified atom stereocenters. The van der Waals surface area contributed by atoms with Gasteiger partial charge in [-0.3, -0.25) is 0 Å². The monoisotopic (exact) mass is 263 g/mol. The van der Waals surface area contributed by atoms with E-state index >= 15 is 0 Å². The second-order valence-electron chi connectivity index (χ2n) is 4.68. The average Bonchev–Trinajstić information content (AvgIpc) is 2.54. The lowest BCUT2D eigenvalue weighted by Gasteiger charge is -2.23. The molecule has 0 aromatic heterocycles. The van der Waals surface area contributed by atoms with Gasteiger partial charge in [0.25, 0.3) is 0 Å². The normalized spacial score (nSPS) is 13.0. The van der Waals surface area contributed by atoms with Crippen molar-refractivity contribution < 1.29 is 4.74 Å². The van der Waals surface area contributed by atoms with Crippen LogP contribution in [0, 0.1) is 11.3 Å². The zero-order valence-corrected chi connectivity index (χ0v) is 11.5. The number of rotatable bonds is 5. The average molecular weight is 263 g/mol. The van der Waals surface area contributed by atoms with Crippen LogP contribution in [-0.2, 0) is 11.8 Å². The zero-order chi connectivity index (χ0) is 14.4. The van der Waals surface area contributed by atoms with Crippen LogP contribution in [-0.4, -0.2) is 7.11 Å². The molecule has 0 spiro atoms. The van der Waals surface area contributed by atoms with Gasteiger partial charge in [-0.1, -0.05) is 48.5 Å². The van der Waals surface area contributed by atoms with Gasteiger partial charge in [0.1, 0.15) is 11.2 Å². The van der Waals surface area contributed by atoms with Crippen molar-refractivity contribution in [1.82, 2.24) is 0 Å². The first-order valence-corrected chi connectivity index (χ1v) is 6.47. The van der Waals surface area contributed by atoms with Crippen LogP contribution >= 0.6 is 0 Å². The summed E-state index contributed by atoms with van der Waals surface area (Å²) >= 11 is 0. The number of benzene rings is 2. The fourth-order valence-corrected chi connectivity index (χ4v) is 2.25. The second kappa shape index (κ2) is 6.08. The molecule has 0 heterocycles. The van der Waals surface area contributed by atoms with Gasteiger partial charge in [0.05, 0.1) is 13.2 Å². The number of nitriles is 1. The molecule has 0 fully saturated rings. The Morgan fingerprint density at radius 1 is 1.15 bits per heavy atom. The molecule has 2 nitrogen and oxygen atoms in total. The topological polar surface area (TPSA) is 33.0 Å². The molecule has 20 heavy (non-hydrogen) atoms. The predicted octanol–water partition coefficient (Wildman–Crippen LogP) is 3.89. The number of hydrogen-bond donors (Lipinski definition) is 0. The van der Waals surface area contributed by atoms with Crippen LogP contribution in [0.1, 0.15) is 11.1 Å². The Labute approximate surface area is 119 Å². The number of hydrogen-bond acceptors (Lipinski definition) is 2. The lowest BCUT2D eigenvalue weighted by molar-refractivity contribution is 0.414. The third-order valence-electron chi connectivity index (χ3n) is 3.48. The van der Waals surface area contributed by atoms with Crippen LogP contribution in [0.4, 0.5) is 0 Å². The summed E-state index contributed by atoms with van der Waals surface area (Å²) in [7, 11) is 1.63. The molecule has 0 aliphatic rings. The van der Waals surface area contributed by atoms with Crippen LogP contribution in [0.2, 0.25) is 0 Å². The fraction of sp³-hybridized carbons (Fsp3) is 0.167. The standard InChI is InChI=1S/C18H17NO/c1-3-18(14-19,13-15-7-5-4-6-8-15)16-9-11-17(20-2)12-10-16/h3-12H,1,13H2,2H3. The summed E-state index contributed by atoms with van der Waals surface area (Å²) in [4.78, 5) is 0. The Kier molecular flexibility index (Phi) is 4.22. The summed E-state index contributed by atoms with van der Waals surface area (Å²) < 4.78 is 5.16. The van der Waals surface area contributed by atoms with E-state index < -0.39 is 5.41 Å². The molecule has 100 valence electrons. The molecule has 0 saturated carbocycles. The van der Waals surface area contributed by atoms with Crippen molar-refractivity contribution in [3.63, 3.8) is 0 Å². The van der Waals surface area contributed by atoms with Crippen molar-refractivity contribution >= 4 is 0 Å². The Bertz CT molecular complexity index is 610. The Morgan fingerprint density at radius 3 is 2.30 bits per heavy atom. The van der Waals surface area contributed by atoms with E-state index in [9.17, 15) is 5.26 Å². The van der Waals surface area contributed by atoms with E-state index in [0.29, 0.717) is 6.42 Å². The molecular formula is C18H17NO. The minimum atomic E-state index is -0.715. The van der Waals surface area contributed by atoms with Crippen molar-refractivity contribution in [3.05, 3.63) is 78.4 Å². The maximum Gasteiger partial charge on any atom is 0.118 e. The van der Waals surface area contributed by atoms with Crippen molar-refractivity contribution in [2.24, 2.45) is 0 Å². The highest BCUT2D eigenvalue weighted by Gasteiger charge is 2.29. The molecule has 2 heteroatoms. The highest BCUT2D eigenvalue weighted by Crippen LogP contribution is 2.30. The summed E-state index contributed by atoms with van der Waals surface area (Å²) in [6, 6.07) is 20.0. The van der Waals surface area contributed by atoms with E-state index in [1.807, 2.05) is 54.6 Å². The molecule has 1 atom stereocenters. The third-order valence-corrected chi connectivity index (χ3v) is 3.48. The molecule has 2 rings (SSSR count). The first-order chi connectivity index (χ1) is 9.74. The van der Waals surface area contributed by atoms with E-state index in [1.165, 1.54) is 0 Å². The molecule has 0 radical (unpaired) electrons. The Hall–Kier alpha value is -2.53. The maximum atomic E-state index is 9.67. The van der Waals surface area contributed by atoms with Crippen molar-refractivity contribution in [2.75, 3.05) is 7.11 Å². The Morgan fingerprint density at radius 2 is 1.80 bits per heavy atom. The Balaban J connectivity index is 2.38. The SMILES string of the molecule is C=CC(C#N)(Cc1ccccc1)c1ccc(OC)cc1. The number of ether oxygens (including phenoxy) is 1. The van der Waals surface area contributed by atoms with Crippen LogP contribution in [0.15, 0.2) is 67.3 Å². The largest absolute Gasteiger partial charge is 0.497 e. The van der Waals surface area contributed by atoms with Gasteiger partial charge in [-0.25, -0.2) is 0 Å². The van der Waals surface area contributed by atoms with Crippen LogP contribution < -0.4 is 4.74 Å². The molecule has 0 N–H and O–H groups in total. The molecular weight excluding hydrogens is 246 g/mol. The second-order valence-corrected chi connectivity index (χ2v) is 4.68. The summed E-state index contributed by atoms with van der Waals surface area (Å²) in [5.41, 5.74) is 1.33. The van der Waals surface area contributed by atoms with Gasteiger partial charge in [0, 0.05) is 0 Å². The third kappa shape index (κ3) is 2.73. The van der Waals surface area contributed by atoms with E-state index in [0.717, 1.165) is 16.9 Å². The van der Waals surface area contributed by atoms with Crippen LogP contribution in [0.3, 0.4) is 0 Å². The first kappa shape index (κ1) is 13.9. The zero-order valence-electron chi connectivity index (χ0n) is 11.5. The van der Waals surface area contributed by atoms with Gasteiger partial charge in [-0.2, -0.15) is 5.26 Å². The number of methoxy groups -OCH3 is 1. The summed E-state index contributed by atoms with van der Waals surface area (Å²) in [6.45, 7) is 3.87. The maximum absolute atomic E-state index is 9.67.